The van der Waals surface area contributed by atoms with Gasteiger partial charge >= 0.3 is 6.03 Å². The molecule has 1 unspecified atom stereocenters. The normalized spacial score (nSPS) is 12.0. The highest BCUT2D eigenvalue weighted by Crippen LogP contribution is 2.29. The molecule has 1 atom stereocenters. The van der Waals surface area contributed by atoms with E-state index in [0.29, 0.717) is 12.1 Å². The summed E-state index contributed by atoms with van der Waals surface area (Å²) in [5.41, 5.74) is 6.00. The first kappa shape index (κ1) is 18.9. The molecule has 0 saturated carbocycles. The summed E-state index contributed by atoms with van der Waals surface area (Å²) in [6.45, 7) is 6.20. The Bertz CT molecular complexity index is 969. The Balaban J connectivity index is 1.87. The van der Waals surface area contributed by atoms with Crippen molar-refractivity contribution in [3.05, 3.63) is 59.8 Å². The monoisotopic (exact) mass is 363 g/mol. The van der Waals surface area contributed by atoms with Crippen LogP contribution >= 0.6 is 0 Å². The number of anilines is 1. The van der Waals surface area contributed by atoms with Gasteiger partial charge in [0.2, 0.25) is 0 Å². The molecule has 5 nitrogen and oxygen atoms in total. The highest BCUT2D eigenvalue weighted by molar-refractivity contribution is 5.94. The number of aromatic nitrogens is 1. The molecule has 0 spiro atoms. The molecule has 0 aliphatic rings. The minimum Gasteiger partial charge on any atom is -0.391 e. The Morgan fingerprint density at radius 3 is 2.63 bits per heavy atom. The number of aliphatic hydroxyl groups excluding tert-OH is 1. The number of nitrogens with one attached hydrogen (secondary N) is 2. The van der Waals surface area contributed by atoms with Gasteiger partial charge in [-0.15, -0.1) is 0 Å². The van der Waals surface area contributed by atoms with E-state index in [1.54, 1.807) is 0 Å². The highest BCUT2D eigenvalue weighted by Gasteiger charge is 2.10. The minimum absolute atomic E-state index is 0.230. The lowest BCUT2D eigenvalue weighted by Crippen LogP contribution is -2.34. The van der Waals surface area contributed by atoms with Crippen molar-refractivity contribution in [1.82, 2.24) is 10.3 Å². The molecule has 0 radical (unpaired) electrons. The number of fused-ring (bicyclic) bond motifs is 1. The second kappa shape index (κ2) is 8.18. The number of benzene rings is 2. The van der Waals surface area contributed by atoms with Crippen molar-refractivity contribution >= 4 is 22.6 Å². The van der Waals surface area contributed by atoms with E-state index < -0.39 is 6.10 Å². The molecule has 0 bridgehead atoms. The summed E-state index contributed by atoms with van der Waals surface area (Å²) in [7, 11) is 0. The van der Waals surface area contributed by atoms with Crippen molar-refractivity contribution in [3.8, 4) is 11.1 Å². The molecule has 0 aliphatic heterocycles. The maximum Gasteiger partial charge on any atom is 0.319 e. The maximum absolute atomic E-state index is 12.0. The molecule has 3 N–H and O–H groups in total. The molecular weight excluding hydrogens is 338 g/mol. The Morgan fingerprint density at radius 1 is 1.11 bits per heavy atom. The Labute approximate surface area is 159 Å². The van der Waals surface area contributed by atoms with Crippen molar-refractivity contribution in [2.75, 3.05) is 11.9 Å². The number of carbonyl (C=O) groups is 1. The van der Waals surface area contributed by atoms with E-state index in [1.807, 2.05) is 44.2 Å². The van der Waals surface area contributed by atoms with E-state index in [9.17, 15) is 9.90 Å². The Hall–Kier alpha value is -2.92. The molecule has 140 valence electrons. The first-order valence-electron chi connectivity index (χ1n) is 9.18. The lowest BCUT2D eigenvalue weighted by molar-refractivity contribution is 0.168. The van der Waals surface area contributed by atoms with Crippen LogP contribution in [0, 0.1) is 13.8 Å². The third-order valence-electron chi connectivity index (χ3n) is 4.67. The van der Waals surface area contributed by atoms with Gasteiger partial charge in [0.1, 0.15) is 0 Å². The number of urea groups is 1. The van der Waals surface area contributed by atoms with Crippen LogP contribution in [0.15, 0.2) is 48.5 Å². The number of aliphatic hydroxyl groups is 1. The molecule has 1 aromatic heterocycles. The van der Waals surface area contributed by atoms with E-state index in [1.165, 1.54) is 5.56 Å². The van der Waals surface area contributed by atoms with E-state index >= 15 is 0 Å². The Morgan fingerprint density at radius 2 is 1.89 bits per heavy atom. The van der Waals surface area contributed by atoms with Crippen LogP contribution in [0.1, 0.15) is 24.6 Å². The zero-order valence-corrected chi connectivity index (χ0v) is 15.9. The smallest absolute Gasteiger partial charge is 0.319 e. The minimum atomic E-state index is -0.531. The topological polar surface area (TPSA) is 74.2 Å². The lowest BCUT2D eigenvalue weighted by atomic mass is 9.98. The molecule has 3 aromatic rings. The number of hydrogen-bond donors (Lipinski definition) is 3. The fraction of sp³-hybridized carbons (Fsp3) is 0.273. The van der Waals surface area contributed by atoms with Gasteiger partial charge in [-0.2, -0.15) is 0 Å². The van der Waals surface area contributed by atoms with E-state index in [2.05, 4.69) is 35.8 Å². The summed E-state index contributed by atoms with van der Waals surface area (Å²) in [5.74, 6) is 0. The van der Waals surface area contributed by atoms with Crippen LogP contribution in [-0.2, 0) is 0 Å². The van der Waals surface area contributed by atoms with Crippen molar-refractivity contribution in [3.63, 3.8) is 0 Å². The van der Waals surface area contributed by atoms with Crippen LogP contribution in [0.5, 0.6) is 0 Å². The molecule has 0 aliphatic carbocycles. The molecule has 2 aromatic carbocycles. The standard InChI is InChI=1S/C22H25N3O2/c1-4-18(26)13-23-22(27)25-17-9-10-21-16(11-17)12-20(15(3)24-21)19-8-6-5-7-14(19)2/h5-12,18,26H,4,13H2,1-3H3,(H2,23,25,27). The molecule has 3 rings (SSSR count). The number of hydrogen-bond acceptors (Lipinski definition) is 3. The number of aryl methyl sites for hydroxylation is 2. The van der Waals surface area contributed by atoms with Crippen LogP contribution in [-0.4, -0.2) is 28.8 Å². The first-order valence-corrected chi connectivity index (χ1v) is 9.18. The van der Waals surface area contributed by atoms with Gasteiger partial charge in [0.15, 0.2) is 0 Å². The Kier molecular flexibility index (Phi) is 5.72. The van der Waals surface area contributed by atoms with Gasteiger partial charge in [-0.3, -0.25) is 4.98 Å². The molecule has 2 amide bonds. The van der Waals surface area contributed by atoms with Gasteiger partial charge in [-0.1, -0.05) is 31.2 Å². The third kappa shape index (κ3) is 4.44. The van der Waals surface area contributed by atoms with Gasteiger partial charge in [-0.05, 0) is 55.7 Å². The average Bonchev–Trinajstić information content (AvgIpc) is 2.66. The summed E-state index contributed by atoms with van der Waals surface area (Å²) in [6.07, 6.45) is 0.0689. The quantitative estimate of drug-likeness (QED) is 0.628. The van der Waals surface area contributed by atoms with Crippen molar-refractivity contribution in [2.24, 2.45) is 0 Å². The SMILES string of the molecule is CCC(O)CNC(=O)Nc1ccc2nc(C)c(-c3ccccc3C)cc2c1. The number of pyridine rings is 1. The maximum atomic E-state index is 12.0. The average molecular weight is 363 g/mol. The largest absolute Gasteiger partial charge is 0.391 e. The summed E-state index contributed by atoms with van der Waals surface area (Å²) >= 11 is 0. The number of nitrogens with zero attached hydrogens (tertiary/aromatic N) is 1. The first-order chi connectivity index (χ1) is 13.0. The van der Waals surface area contributed by atoms with Gasteiger partial charge in [0.05, 0.1) is 11.6 Å². The van der Waals surface area contributed by atoms with Crippen LogP contribution in [0.3, 0.4) is 0 Å². The van der Waals surface area contributed by atoms with Crippen molar-refractivity contribution < 1.29 is 9.90 Å². The third-order valence-corrected chi connectivity index (χ3v) is 4.67. The second-order valence-corrected chi connectivity index (χ2v) is 6.74. The second-order valence-electron chi connectivity index (χ2n) is 6.74. The van der Waals surface area contributed by atoms with E-state index in [4.69, 9.17) is 4.98 Å². The predicted octanol–water partition coefficient (Wildman–Crippen LogP) is 4.41. The van der Waals surface area contributed by atoms with E-state index in [0.717, 1.165) is 27.7 Å². The predicted molar refractivity (Wildman–Crippen MR) is 110 cm³/mol. The lowest BCUT2D eigenvalue weighted by Gasteiger charge is -2.13. The fourth-order valence-electron chi connectivity index (χ4n) is 3.03. The van der Waals surface area contributed by atoms with Crippen LogP contribution in [0.2, 0.25) is 0 Å². The number of amides is 2. The van der Waals surface area contributed by atoms with Crippen molar-refractivity contribution in [1.29, 1.82) is 0 Å². The molecular formula is C22H25N3O2. The summed E-state index contributed by atoms with van der Waals surface area (Å²) in [6, 6.07) is 15.7. The van der Waals surface area contributed by atoms with E-state index in [-0.39, 0.29) is 12.6 Å². The molecule has 1 heterocycles. The zero-order valence-electron chi connectivity index (χ0n) is 15.9. The fourth-order valence-corrected chi connectivity index (χ4v) is 3.03. The van der Waals surface area contributed by atoms with Gasteiger partial charge < -0.3 is 15.7 Å². The molecule has 5 heteroatoms. The summed E-state index contributed by atoms with van der Waals surface area (Å²) in [4.78, 5) is 16.7. The number of rotatable bonds is 5. The molecule has 27 heavy (non-hydrogen) atoms. The highest BCUT2D eigenvalue weighted by atomic mass is 16.3. The molecule has 0 fully saturated rings. The summed E-state index contributed by atoms with van der Waals surface area (Å²) < 4.78 is 0. The van der Waals surface area contributed by atoms with Gasteiger partial charge in [0, 0.05) is 28.9 Å². The van der Waals surface area contributed by atoms with Crippen LogP contribution in [0.25, 0.3) is 22.0 Å². The van der Waals surface area contributed by atoms with Gasteiger partial charge in [-0.25, -0.2) is 4.79 Å². The van der Waals surface area contributed by atoms with Crippen molar-refractivity contribution in [2.45, 2.75) is 33.3 Å². The summed E-state index contributed by atoms with van der Waals surface area (Å²) in [5, 5.41) is 16.0. The molecule has 0 saturated heterocycles. The van der Waals surface area contributed by atoms with Gasteiger partial charge in [0.25, 0.3) is 0 Å². The van der Waals surface area contributed by atoms with Crippen LogP contribution in [0.4, 0.5) is 10.5 Å². The number of carbonyl (C=O) groups excluding carboxylic acids is 1. The van der Waals surface area contributed by atoms with Crippen LogP contribution < -0.4 is 10.6 Å². The zero-order chi connectivity index (χ0) is 19.4.